The molecular weight excluding hydrogens is 160 g/mol. The van der Waals surface area contributed by atoms with Crippen LogP contribution in [0.5, 0.6) is 0 Å². The number of hydrogen-bond donors (Lipinski definition) is 1. The van der Waals surface area contributed by atoms with Gasteiger partial charge >= 0.3 is 0 Å². The zero-order chi connectivity index (χ0) is 9.84. The van der Waals surface area contributed by atoms with Gasteiger partial charge in [0.1, 0.15) is 0 Å². The van der Waals surface area contributed by atoms with Crippen molar-refractivity contribution in [3.05, 3.63) is 0 Å². The van der Waals surface area contributed by atoms with E-state index >= 15 is 0 Å². The van der Waals surface area contributed by atoms with Crippen LogP contribution >= 0.6 is 0 Å². The molecular formula is C11H24N2. The maximum absolute atomic E-state index is 3.49. The molecule has 2 unspecified atom stereocenters. The monoisotopic (exact) mass is 184 g/mol. The van der Waals surface area contributed by atoms with Gasteiger partial charge in [-0.1, -0.05) is 13.8 Å². The maximum atomic E-state index is 3.49. The van der Waals surface area contributed by atoms with Crippen LogP contribution < -0.4 is 5.32 Å². The minimum atomic E-state index is 0.694. The Hall–Kier alpha value is -0.0800. The van der Waals surface area contributed by atoms with Crippen LogP contribution in [0.15, 0.2) is 0 Å². The Kier molecular flexibility index (Phi) is 4.20. The molecule has 1 aliphatic rings. The lowest BCUT2D eigenvalue weighted by Crippen LogP contribution is -2.43. The molecule has 0 aromatic rings. The third-order valence-corrected chi connectivity index (χ3v) is 2.89. The summed E-state index contributed by atoms with van der Waals surface area (Å²) in [5, 5.41) is 3.49. The van der Waals surface area contributed by atoms with E-state index in [1.807, 2.05) is 0 Å². The second-order valence-corrected chi connectivity index (χ2v) is 4.78. The van der Waals surface area contributed by atoms with Crippen molar-refractivity contribution in [1.29, 1.82) is 0 Å². The van der Waals surface area contributed by atoms with Crippen LogP contribution in [-0.2, 0) is 0 Å². The number of nitrogens with one attached hydrogen (secondary N) is 1. The van der Waals surface area contributed by atoms with Gasteiger partial charge in [0.15, 0.2) is 0 Å². The first-order chi connectivity index (χ1) is 6.11. The highest BCUT2D eigenvalue weighted by atomic mass is 15.2. The van der Waals surface area contributed by atoms with Gasteiger partial charge in [-0.15, -0.1) is 0 Å². The Morgan fingerprint density at radius 3 is 2.62 bits per heavy atom. The lowest BCUT2D eigenvalue weighted by molar-refractivity contribution is 0.145. The zero-order valence-corrected chi connectivity index (χ0v) is 9.51. The van der Waals surface area contributed by atoms with Crippen LogP contribution in [0, 0.1) is 5.92 Å². The maximum Gasteiger partial charge on any atom is 0.0195 e. The normalized spacial score (nSPS) is 32.1. The van der Waals surface area contributed by atoms with Crippen LogP contribution in [0.3, 0.4) is 0 Å². The molecule has 0 spiro atoms. The topological polar surface area (TPSA) is 15.3 Å². The Morgan fingerprint density at radius 2 is 2.00 bits per heavy atom. The fourth-order valence-corrected chi connectivity index (χ4v) is 2.12. The zero-order valence-electron chi connectivity index (χ0n) is 9.51. The van der Waals surface area contributed by atoms with Crippen LogP contribution in [-0.4, -0.2) is 36.6 Å². The molecule has 0 aromatic carbocycles. The van der Waals surface area contributed by atoms with Gasteiger partial charge in [0.25, 0.3) is 0 Å². The fraction of sp³-hybridized carbons (Fsp3) is 1.00. The van der Waals surface area contributed by atoms with Gasteiger partial charge in [-0.05, 0) is 32.7 Å². The van der Waals surface area contributed by atoms with Crippen molar-refractivity contribution < 1.29 is 0 Å². The molecule has 0 radical (unpaired) electrons. The minimum absolute atomic E-state index is 0.694. The first-order valence-electron chi connectivity index (χ1n) is 5.57. The van der Waals surface area contributed by atoms with Gasteiger partial charge in [-0.25, -0.2) is 0 Å². The second-order valence-electron chi connectivity index (χ2n) is 4.78. The van der Waals surface area contributed by atoms with E-state index in [2.05, 4.69) is 37.9 Å². The van der Waals surface area contributed by atoms with Gasteiger partial charge in [-0.3, -0.25) is 4.90 Å². The number of hydrogen-bond acceptors (Lipinski definition) is 2. The molecule has 1 fully saturated rings. The molecule has 2 nitrogen and oxygen atoms in total. The summed E-state index contributed by atoms with van der Waals surface area (Å²) < 4.78 is 0. The molecule has 1 rings (SSSR count). The molecule has 1 aliphatic heterocycles. The Morgan fingerprint density at radius 1 is 1.31 bits per heavy atom. The van der Waals surface area contributed by atoms with E-state index in [0.717, 1.165) is 18.5 Å². The van der Waals surface area contributed by atoms with E-state index in [1.54, 1.807) is 0 Å². The standard InChI is InChI=1S/C11H24N2/c1-9(2)8-13-10(3)5-6-12-7-11(13)4/h9-12H,5-8H2,1-4H3. The Balaban J connectivity index is 2.52. The lowest BCUT2D eigenvalue weighted by atomic mass is 10.1. The predicted molar refractivity (Wildman–Crippen MR) is 58.0 cm³/mol. The van der Waals surface area contributed by atoms with Gasteiger partial charge in [0.05, 0.1) is 0 Å². The molecule has 1 N–H and O–H groups in total. The fourth-order valence-electron chi connectivity index (χ4n) is 2.12. The van der Waals surface area contributed by atoms with Crippen molar-refractivity contribution in [2.45, 2.75) is 46.2 Å². The van der Waals surface area contributed by atoms with Crippen LogP contribution in [0.4, 0.5) is 0 Å². The largest absolute Gasteiger partial charge is 0.315 e. The lowest BCUT2D eigenvalue weighted by Gasteiger charge is -2.33. The van der Waals surface area contributed by atoms with Crippen LogP contribution in [0.1, 0.15) is 34.1 Å². The third kappa shape index (κ3) is 3.28. The van der Waals surface area contributed by atoms with E-state index in [4.69, 9.17) is 0 Å². The Labute approximate surface area is 82.7 Å². The van der Waals surface area contributed by atoms with Crippen molar-refractivity contribution in [2.75, 3.05) is 19.6 Å². The summed E-state index contributed by atoms with van der Waals surface area (Å²) in [6, 6.07) is 1.44. The molecule has 2 atom stereocenters. The molecule has 2 heteroatoms. The summed E-state index contributed by atoms with van der Waals surface area (Å²) >= 11 is 0. The van der Waals surface area contributed by atoms with E-state index in [0.29, 0.717) is 6.04 Å². The van der Waals surface area contributed by atoms with Crippen molar-refractivity contribution in [3.8, 4) is 0 Å². The van der Waals surface area contributed by atoms with Crippen molar-refractivity contribution in [1.82, 2.24) is 10.2 Å². The summed E-state index contributed by atoms with van der Waals surface area (Å²) in [6.45, 7) is 12.9. The molecule has 78 valence electrons. The summed E-state index contributed by atoms with van der Waals surface area (Å²) in [4.78, 5) is 2.64. The molecule has 0 saturated carbocycles. The summed E-state index contributed by atoms with van der Waals surface area (Å²) in [7, 11) is 0. The van der Waals surface area contributed by atoms with Crippen LogP contribution in [0.2, 0.25) is 0 Å². The quantitative estimate of drug-likeness (QED) is 0.703. The predicted octanol–water partition coefficient (Wildman–Crippen LogP) is 1.71. The van der Waals surface area contributed by atoms with Crippen molar-refractivity contribution in [3.63, 3.8) is 0 Å². The van der Waals surface area contributed by atoms with E-state index in [9.17, 15) is 0 Å². The highest BCUT2D eigenvalue weighted by Crippen LogP contribution is 2.13. The summed E-state index contributed by atoms with van der Waals surface area (Å²) in [5.74, 6) is 0.781. The smallest absolute Gasteiger partial charge is 0.0195 e. The van der Waals surface area contributed by atoms with Gasteiger partial charge in [0.2, 0.25) is 0 Å². The summed E-state index contributed by atoms with van der Waals surface area (Å²) in [6.07, 6.45) is 1.29. The van der Waals surface area contributed by atoms with Crippen LogP contribution in [0.25, 0.3) is 0 Å². The average Bonchev–Trinajstić information content (AvgIpc) is 2.18. The first kappa shape index (κ1) is 11.0. The molecule has 0 aliphatic carbocycles. The van der Waals surface area contributed by atoms with Gasteiger partial charge < -0.3 is 5.32 Å². The highest BCUT2D eigenvalue weighted by molar-refractivity contribution is 4.80. The van der Waals surface area contributed by atoms with Gasteiger partial charge in [0, 0.05) is 25.2 Å². The first-order valence-corrected chi connectivity index (χ1v) is 5.57. The van der Waals surface area contributed by atoms with E-state index < -0.39 is 0 Å². The van der Waals surface area contributed by atoms with Crippen molar-refractivity contribution in [2.24, 2.45) is 5.92 Å². The molecule has 1 heterocycles. The van der Waals surface area contributed by atoms with Crippen molar-refractivity contribution >= 4 is 0 Å². The van der Waals surface area contributed by atoms with E-state index in [-0.39, 0.29) is 0 Å². The third-order valence-electron chi connectivity index (χ3n) is 2.89. The SMILES string of the molecule is CC(C)CN1C(C)CCNCC1C. The molecule has 0 amide bonds. The van der Waals surface area contributed by atoms with Gasteiger partial charge in [-0.2, -0.15) is 0 Å². The Bertz CT molecular complexity index is 133. The number of nitrogens with zero attached hydrogens (tertiary/aromatic N) is 1. The molecule has 1 saturated heterocycles. The minimum Gasteiger partial charge on any atom is -0.315 e. The highest BCUT2D eigenvalue weighted by Gasteiger charge is 2.22. The molecule has 13 heavy (non-hydrogen) atoms. The second kappa shape index (κ2) is 4.97. The number of rotatable bonds is 2. The van der Waals surface area contributed by atoms with E-state index in [1.165, 1.54) is 19.5 Å². The molecule has 0 aromatic heterocycles. The summed E-state index contributed by atoms with van der Waals surface area (Å²) in [5.41, 5.74) is 0. The average molecular weight is 184 g/mol. The molecule has 0 bridgehead atoms.